The molecule has 2 heterocycles. The van der Waals surface area contributed by atoms with E-state index in [1.807, 2.05) is 73.7 Å². The molecule has 9 aromatic rings. The Bertz CT molecular complexity index is 3050. The minimum absolute atomic E-state index is 0.0695. The minimum atomic E-state index is -0.0695. The van der Waals surface area contributed by atoms with Crippen molar-refractivity contribution in [3.63, 3.8) is 0 Å². The molecule has 0 bridgehead atoms. The van der Waals surface area contributed by atoms with Crippen LogP contribution in [0.3, 0.4) is 0 Å². The molecule has 2 aromatic heterocycles. The van der Waals surface area contributed by atoms with Gasteiger partial charge in [-0.25, -0.2) is 9.97 Å². The molecule has 4 heteroatoms. The molecule has 1 aliphatic rings. The lowest BCUT2D eigenvalue weighted by Gasteiger charge is -2.22. The second-order valence-electron chi connectivity index (χ2n) is 15.5. The van der Waals surface area contributed by atoms with Gasteiger partial charge in [0.25, 0.3) is 0 Å². The highest BCUT2D eigenvalue weighted by molar-refractivity contribution is 5.88. The number of hydrogen-bond donors (Lipinski definition) is 0. The van der Waals surface area contributed by atoms with Gasteiger partial charge in [0.05, 0.1) is 0 Å². The molecule has 0 saturated heterocycles. The zero-order valence-electron chi connectivity index (χ0n) is 32.7. The number of benzene rings is 7. The van der Waals surface area contributed by atoms with Crippen LogP contribution in [0.1, 0.15) is 43.4 Å². The quantitative estimate of drug-likeness (QED) is 0.145. The summed E-state index contributed by atoms with van der Waals surface area (Å²) < 4.78 is 12.2. The maximum absolute atomic E-state index is 6.10. The number of allylic oxidation sites excluding steroid dienone is 5. The van der Waals surface area contributed by atoms with Crippen molar-refractivity contribution in [1.82, 2.24) is 9.97 Å². The molecule has 0 fully saturated rings. The van der Waals surface area contributed by atoms with Gasteiger partial charge in [0.1, 0.15) is 11.0 Å². The van der Waals surface area contributed by atoms with E-state index in [-0.39, 0.29) is 5.41 Å². The van der Waals surface area contributed by atoms with Crippen molar-refractivity contribution < 1.29 is 8.83 Å². The van der Waals surface area contributed by atoms with Crippen LogP contribution in [0, 0.1) is 0 Å². The Morgan fingerprint density at radius 2 is 1.10 bits per heavy atom. The zero-order valence-corrected chi connectivity index (χ0v) is 32.7. The standard InChI is InChI=1S/C54H40N2O2/c1-5-35(52-55-48-17-8-10-19-50(48)57-52)22-21-34(2)41-30-42(36-23-25-37(26-24-36)53-56-49-18-9-11-20-51(49)58-53)32-43(31-41)39-14-12-13-38(29-39)40-27-28-45-44-15-6-7-16-46(44)54(3,4)47(45)33-40/h5-33H,2H2,1,3-4H3/b22-21-,35-5+. The monoisotopic (exact) mass is 748 g/mol. The Labute approximate surface area is 338 Å². The fourth-order valence-corrected chi connectivity index (χ4v) is 8.28. The third-order valence-corrected chi connectivity index (χ3v) is 11.5. The summed E-state index contributed by atoms with van der Waals surface area (Å²) in [5, 5.41) is 0. The number of nitrogens with zero attached hydrogens (tertiary/aromatic N) is 2. The van der Waals surface area contributed by atoms with E-state index in [2.05, 4.69) is 130 Å². The lowest BCUT2D eigenvalue weighted by Crippen LogP contribution is -2.14. The summed E-state index contributed by atoms with van der Waals surface area (Å²) in [6.45, 7) is 11.2. The van der Waals surface area contributed by atoms with Crippen molar-refractivity contribution in [2.24, 2.45) is 0 Å². The maximum Gasteiger partial charge on any atom is 0.227 e. The van der Waals surface area contributed by atoms with E-state index in [1.54, 1.807) is 0 Å². The van der Waals surface area contributed by atoms with Crippen molar-refractivity contribution in [1.29, 1.82) is 0 Å². The number of hydrogen-bond acceptors (Lipinski definition) is 4. The van der Waals surface area contributed by atoms with Gasteiger partial charge in [0.15, 0.2) is 11.2 Å². The Kier molecular flexibility index (Phi) is 8.49. The first kappa shape index (κ1) is 35.1. The van der Waals surface area contributed by atoms with E-state index in [0.29, 0.717) is 11.8 Å². The molecule has 0 saturated carbocycles. The van der Waals surface area contributed by atoms with Crippen LogP contribution in [0.2, 0.25) is 0 Å². The molecule has 58 heavy (non-hydrogen) atoms. The van der Waals surface area contributed by atoms with Crippen LogP contribution in [0.15, 0.2) is 191 Å². The van der Waals surface area contributed by atoms with E-state index in [9.17, 15) is 0 Å². The highest BCUT2D eigenvalue weighted by Gasteiger charge is 2.35. The van der Waals surface area contributed by atoms with Gasteiger partial charge in [0.2, 0.25) is 11.8 Å². The molecule has 0 atom stereocenters. The van der Waals surface area contributed by atoms with Crippen LogP contribution in [-0.2, 0) is 5.41 Å². The second kappa shape index (κ2) is 14.0. The summed E-state index contributed by atoms with van der Waals surface area (Å²) in [6, 6.07) is 55.4. The van der Waals surface area contributed by atoms with Gasteiger partial charge in [-0.05, 0) is 147 Å². The van der Waals surface area contributed by atoms with Crippen molar-refractivity contribution in [2.75, 3.05) is 0 Å². The Morgan fingerprint density at radius 3 is 1.84 bits per heavy atom. The molecular formula is C54H40N2O2. The molecule has 0 aliphatic heterocycles. The van der Waals surface area contributed by atoms with Gasteiger partial charge in [-0.15, -0.1) is 0 Å². The number of oxazole rings is 2. The second-order valence-corrected chi connectivity index (χ2v) is 15.5. The van der Waals surface area contributed by atoms with Gasteiger partial charge < -0.3 is 8.83 Å². The third kappa shape index (κ3) is 6.20. The smallest absolute Gasteiger partial charge is 0.227 e. The fourth-order valence-electron chi connectivity index (χ4n) is 8.28. The number of para-hydroxylation sites is 4. The molecule has 0 radical (unpaired) electrons. The molecular weight excluding hydrogens is 709 g/mol. The van der Waals surface area contributed by atoms with Crippen molar-refractivity contribution in [3.05, 3.63) is 205 Å². The SMILES string of the molecule is C=C(/C=C\C(=C/C)c1nc2ccccc2o1)c1cc(-c2ccc(-c3nc4ccccc4o3)cc2)cc(-c2cccc(-c3ccc4c(c3)C(C)(C)c3ccccc3-4)c2)c1. The van der Waals surface area contributed by atoms with E-state index in [4.69, 9.17) is 18.8 Å². The summed E-state index contributed by atoms with van der Waals surface area (Å²) >= 11 is 0. The topological polar surface area (TPSA) is 52.1 Å². The normalized spacial score (nSPS) is 13.3. The Morgan fingerprint density at radius 1 is 0.517 bits per heavy atom. The Hall–Kier alpha value is -7.30. The first-order valence-corrected chi connectivity index (χ1v) is 19.7. The largest absolute Gasteiger partial charge is 0.436 e. The highest BCUT2D eigenvalue weighted by atomic mass is 16.4. The molecule has 278 valence electrons. The van der Waals surface area contributed by atoms with E-state index in [0.717, 1.165) is 66.7 Å². The van der Waals surface area contributed by atoms with Crippen LogP contribution in [0.25, 0.3) is 89.3 Å². The van der Waals surface area contributed by atoms with Crippen LogP contribution in [0.5, 0.6) is 0 Å². The van der Waals surface area contributed by atoms with Crippen molar-refractivity contribution in [2.45, 2.75) is 26.2 Å². The zero-order chi connectivity index (χ0) is 39.4. The first-order valence-electron chi connectivity index (χ1n) is 19.7. The summed E-state index contributed by atoms with van der Waals surface area (Å²) in [7, 11) is 0. The summed E-state index contributed by atoms with van der Waals surface area (Å²) in [6.07, 6.45) is 6.09. The maximum atomic E-state index is 6.10. The van der Waals surface area contributed by atoms with Gasteiger partial charge in [-0.2, -0.15) is 0 Å². The van der Waals surface area contributed by atoms with Gasteiger partial charge in [-0.1, -0.05) is 124 Å². The molecule has 1 aliphatic carbocycles. The summed E-state index contributed by atoms with van der Waals surface area (Å²) in [5.74, 6) is 1.19. The number of rotatable bonds is 8. The minimum Gasteiger partial charge on any atom is -0.436 e. The fraction of sp³-hybridized carbons (Fsp3) is 0.0741. The van der Waals surface area contributed by atoms with E-state index < -0.39 is 0 Å². The molecule has 0 N–H and O–H groups in total. The van der Waals surface area contributed by atoms with Crippen LogP contribution in [0.4, 0.5) is 0 Å². The first-order chi connectivity index (χ1) is 28.3. The van der Waals surface area contributed by atoms with Crippen molar-refractivity contribution >= 4 is 33.3 Å². The average Bonchev–Trinajstić information content (AvgIpc) is 3.97. The molecule has 0 unspecified atom stereocenters. The average molecular weight is 749 g/mol. The van der Waals surface area contributed by atoms with Crippen LogP contribution in [-0.4, -0.2) is 9.97 Å². The molecule has 0 spiro atoms. The van der Waals surface area contributed by atoms with Crippen molar-refractivity contribution in [3.8, 4) is 56.0 Å². The third-order valence-electron chi connectivity index (χ3n) is 11.5. The van der Waals surface area contributed by atoms with Crippen LogP contribution < -0.4 is 0 Å². The highest BCUT2D eigenvalue weighted by Crippen LogP contribution is 2.49. The lowest BCUT2D eigenvalue weighted by atomic mass is 9.81. The van der Waals surface area contributed by atoms with Gasteiger partial charge in [-0.3, -0.25) is 0 Å². The van der Waals surface area contributed by atoms with Gasteiger partial charge >= 0.3 is 0 Å². The predicted octanol–water partition coefficient (Wildman–Crippen LogP) is 14.6. The molecule has 10 rings (SSSR count). The molecule has 4 nitrogen and oxygen atoms in total. The summed E-state index contributed by atoms with van der Waals surface area (Å²) in [4.78, 5) is 9.45. The van der Waals surface area contributed by atoms with Crippen LogP contribution >= 0.6 is 0 Å². The Balaban J connectivity index is 1.02. The van der Waals surface area contributed by atoms with Gasteiger partial charge in [0, 0.05) is 16.6 Å². The number of fused-ring (bicyclic) bond motifs is 5. The lowest BCUT2D eigenvalue weighted by molar-refractivity contribution is 0.585. The molecule has 0 amide bonds. The van der Waals surface area contributed by atoms with E-state index in [1.165, 1.54) is 33.4 Å². The molecule has 7 aromatic carbocycles. The summed E-state index contributed by atoms with van der Waals surface area (Å²) in [5.41, 5.74) is 19.0. The predicted molar refractivity (Wildman–Crippen MR) is 239 cm³/mol. The number of aromatic nitrogens is 2. The van der Waals surface area contributed by atoms with E-state index >= 15 is 0 Å².